The Hall–Kier alpha value is -1.26. The highest BCUT2D eigenvalue weighted by Gasteiger charge is 2.29. The predicted octanol–water partition coefficient (Wildman–Crippen LogP) is 1.88. The predicted molar refractivity (Wildman–Crippen MR) is 78.4 cm³/mol. The first-order valence-corrected chi connectivity index (χ1v) is 7.72. The van der Waals surface area contributed by atoms with Crippen LogP contribution in [0.25, 0.3) is 0 Å². The van der Waals surface area contributed by atoms with Crippen molar-refractivity contribution in [1.82, 2.24) is 15.5 Å². The highest BCUT2D eigenvalue weighted by atomic mass is 16.2. The number of piperidine rings is 1. The fraction of sp³-hybridized carbons (Fsp3) is 0.867. The Balaban J connectivity index is 1.71. The van der Waals surface area contributed by atoms with Crippen molar-refractivity contribution >= 4 is 11.9 Å². The molecular weight excluding hydrogens is 254 g/mol. The van der Waals surface area contributed by atoms with Gasteiger partial charge in [-0.1, -0.05) is 6.42 Å². The number of hydrogen-bond acceptors (Lipinski definition) is 2. The fourth-order valence-corrected chi connectivity index (χ4v) is 2.62. The molecule has 0 bridgehead atoms. The summed E-state index contributed by atoms with van der Waals surface area (Å²) in [6.07, 6.45) is 4.98. The summed E-state index contributed by atoms with van der Waals surface area (Å²) in [6, 6.07) is 0.239. The molecule has 1 aliphatic heterocycles. The van der Waals surface area contributed by atoms with E-state index in [0.717, 1.165) is 38.8 Å². The summed E-state index contributed by atoms with van der Waals surface area (Å²) in [5.74, 6) is 0.464. The molecule has 0 aromatic heterocycles. The maximum absolute atomic E-state index is 12.0. The molecule has 1 saturated heterocycles. The average Bonchev–Trinajstić information content (AvgIpc) is 2.24. The molecule has 2 rings (SSSR count). The largest absolute Gasteiger partial charge is 0.353 e. The third kappa shape index (κ3) is 4.12. The van der Waals surface area contributed by atoms with Gasteiger partial charge in [0.1, 0.15) is 0 Å². The van der Waals surface area contributed by atoms with E-state index in [0.29, 0.717) is 0 Å². The second-order valence-electron chi connectivity index (χ2n) is 7.08. The zero-order valence-electron chi connectivity index (χ0n) is 12.9. The van der Waals surface area contributed by atoms with Crippen molar-refractivity contribution < 1.29 is 9.59 Å². The normalized spacial score (nSPS) is 21.2. The van der Waals surface area contributed by atoms with Crippen molar-refractivity contribution in [2.45, 2.75) is 64.5 Å². The standard InChI is InChI=1S/C15H27N3O2/c1-15(2,3)17-14(20)18-9-7-12(8-10-18)16-13(19)11-5-4-6-11/h11-12H,4-10H2,1-3H3,(H,16,19)(H,17,20). The monoisotopic (exact) mass is 281 g/mol. The van der Waals surface area contributed by atoms with Crippen LogP contribution >= 0.6 is 0 Å². The van der Waals surface area contributed by atoms with Crippen molar-refractivity contribution in [1.29, 1.82) is 0 Å². The molecule has 1 aliphatic carbocycles. The van der Waals surface area contributed by atoms with E-state index in [-0.39, 0.29) is 29.4 Å². The van der Waals surface area contributed by atoms with Gasteiger partial charge in [-0.3, -0.25) is 4.79 Å². The van der Waals surface area contributed by atoms with E-state index in [1.165, 1.54) is 6.42 Å². The van der Waals surface area contributed by atoms with Crippen molar-refractivity contribution in [2.24, 2.45) is 5.92 Å². The molecule has 1 saturated carbocycles. The number of carbonyl (C=O) groups excluding carboxylic acids is 2. The van der Waals surface area contributed by atoms with Gasteiger partial charge in [0.05, 0.1) is 0 Å². The van der Waals surface area contributed by atoms with Gasteiger partial charge in [-0.15, -0.1) is 0 Å². The molecule has 2 fully saturated rings. The summed E-state index contributed by atoms with van der Waals surface area (Å²) < 4.78 is 0. The zero-order valence-corrected chi connectivity index (χ0v) is 12.9. The number of nitrogens with one attached hydrogen (secondary N) is 2. The first kappa shape index (κ1) is 15.1. The molecule has 0 unspecified atom stereocenters. The van der Waals surface area contributed by atoms with Crippen LogP contribution in [0.2, 0.25) is 0 Å². The molecule has 20 heavy (non-hydrogen) atoms. The number of hydrogen-bond donors (Lipinski definition) is 2. The van der Waals surface area contributed by atoms with E-state index in [2.05, 4.69) is 10.6 Å². The number of urea groups is 1. The number of amides is 3. The van der Waals surface area contributed by atoms with Crippen molar-refractivity contribution in [3.63, 3.8) is 0 Å². The number of rotatable bonds is 2. The van der Waals surface area contributed by atoms with Gasteiger partial charge in [0.2, 0.25) is 5.91 Å². The smallest absolute Gasteiger partial charge is 0.317 e. The van der Waals surface area contributed by atoms with Crippen LogP contribution in [0.3, 0.4) is 0 Å². The van der Waals surface area contributed by atoms with Gasteiger partial charge >= 0.3 is 6.03 Å². The Morgan fingerprint density at radius 3 is 2.10 bits per heavy atom. The van der Waals surface area contributed by atoms with Crippen LogP contribution in [0, 0.1) is 5.92 Å². The lowest BCUT2D eigenvalue weighted by molar-refractivity contribution is -0.128. The minimum Gasteiger partial charge on any atom is -0.353 e. The van der Waals surface area contributed by atoms with Gasteiger partial charge in [0.15, 0.2) is 0 Å². The van der Waals surface area contributed by atoms with Crippen LogP contribution in [-0.2, 0) is 4.79 Å². The van der Waals surface area contributed by atoms with Crippen LogP contribution < -0.4 is 10.6 Å². The van der Waals surface area contributed by atoms with Gasteiger partial charge in [-0.2, -0.15) is 0 Å². The number of likely N-dealkylation sites (tertiary alicyclic amines) is 1. The third-order valence-electron chi connectivity index (χ3n) is 4.09. The fourth-order valence-electron chi connectivity index (χ4n) is 2.62. The maximum atomic E-state index is 12.0. The van der Waals surface area contributed by atoms with E-state index in [1.807, 2.05) is 25.7 Å². The first-order chi connectivity index (χ1) is 9.35. The minimum atomic E-state index is -0.202. The lowest BCUT2D eigenvalue weighted by Crippen LogP contribution is -2.53. The van der Waals surface area contributed by atoms with Crippen LogP contribution in [0.5, 0.6) is 0 Å². The quantitative estimate of drug-likeness (QED) is 0.812. The van der Waals surface area contributed by atoms with Crippen molar-refractivity contribution in [3.8, 4) is 0 Å². The van der Waals surface area contributed by atoms with E-state index in [4.69, 9.17) is 0 Å². The molecule has 2 aliphatic rings. The lowest BCUT2D eigenvalue weighted by atomic mass is 9.84. The Kier molecular flexibility index (Phi) is 4.55. The summed E-state index contributed by atoms with van der Waals surface area (Å²) >= 11 is 0. The van der Waals surface area contributed by atoms with Crippen molar-refractivity contribution in [2.75, 3.05) is 13.1 Å². The van der Waals surface area contributed by atoms with Crippen LogP contribution in [0.1, 0.15) is 52.9 Å². The van der Waals surface area contributed by atoms with E-state index in [9.17, 15) is 9.59 Å². The van der Waals surface area contributed by atoms with Crippen LogP contribution in [0.4, 0.5) is 4.79 Å². The highest BCUT2D eigenvalue weighted by molar-refractivity contribution is 5.79. The maximum Gasteiger partial charge on any atom is 0.317 e. The highest BCUT2D eigenvalue weighted by Crippen LogP contribution is 2.26. The van der Waals surface area contributed by atoms with E-state index < -0.39 is 0 Å². The molecule has 0 radical (unpaired) electrons. The summed E-state index contributed by atoms with van der Waals surface area (Å²) in [4.78, 5) is 25.8. The molecule has 0 aromatic rings. The summed E-state index contributed by atoms with van der Waals surface area (Å²) in [6.45, 7) is 7.39. The molecule has 5 heteroatoms. The summed E-state index contributed by atoms with van der Waals surface area (Å²) in [7, 11) is 0. The molecule has 0 aromatic carbocycles. The van der Waals surface area contributed by atoms with Gasteiger partial charge in [-0.25, -0.2) is 4.79 Å². The van der Waals surface area contributed by atoms with Gasteiger partial charge in [0, 0.05) is 30.6 Å². The molecule has 2 N–H and O–H groups in total. The van der Waals surface area contributed by atoms with Gasteiger partial charge < -0.3 is 15.5 Å². The summed E-state index contributed by atoms with van der Waals surface area (Å²) in [5.41, 5.74) is -0.202. The van der Waals surface area contributed by atoms with Crippen LogP contribution in [0.15, 0.2) is 0 Å². The molecule has 1 heterocycles. The first-order valence-electron chi connectivity index (χ1n) is 7.72. The Bertz CT molecular complexity index is 364. The van der Waals surface area contributed by atoms with Crippen LogP contribution in [-0.4, -0.2) is 41.5 Å². The van der Waals surface area contributed by atoms with Gasteiger partial charge in [0.25, 0.3) is 0 Å². The SMILES string of the molecule is CC(C)(C)NC(=O)N1CCC(NC(=O)C2CCC2)CC1. The Morgan fingerprint density at radius 1 is 1.05 bits per heavy atom. The molecule has 0 atom stereocenters. The zero-order chi connectivity index (χ0) is 14.8. The Morgan fingerprint density at radius 2 is 1.65 bits per heavy atom. The molecular formula is C15H27N3O2. The molecule has 5 nitrogen and oxygen atoms in total. The van der Waals surface area contributed by atoms with E-state index >= 15 is 0 Å². The topological polar surface area (TPSA) is 61.4 Å². The molecule has 3 amide bonds. The number of carbonyl (C=O) groups is 2. The lowest BCUT2D eigenvalue weighted by Gasteiger charge is -2.35. The Labute approximate surface area is 121 Å². The van der Waals surface area contributed by atoms with Gasteiger partial charge in [-0.05, 0) is 46.5 Å². The number of nitrogens with zero attached hydrogens (tertiary/aromatic N) is 1. The van der Waals surface area contributed by atoms with Crippen molar-refractivity contribution in [3.05, 3.63) is 0 Å². The third-order valence-corrected chi connectivity index (χ3v) is 4.09. The molecule has 114 valence electrons. The summed E-state index contributed by atoms with van der Waals surface area (Å²) in [5, 5.41) is 6.11. The average molecular weight is 281 g/mol. The van der Waals surface area contributed by atoms with E-state index in [1.54, 1.807) is 0 Å². The minimum absolute atomic E-state index is 0.00118. The second-order valence-corrected chi connectivity index (χ2v) is 7.08. The second kappa shape index (κ2) is 6.02. The molecule has 0 spiro atoms.